The Balaban J connectivity index is 3.62. The second kappa shape index (κ2) is 18.2. The molecule has 1 aliphatic rings. The molecular formula is C28H84O14Si14. The van der Waals surface area contributed by atoms with E-state index in [0.717, 1.165) is 0 Å². The molecule has 14 nitrogen and oxygen atoms in total. The normalized spacial score (nSPS) is 31.5. The highest BCUT2D eigenvalue weighted by Gasteiger charge is 2.53. The molecule has 0 saturated carbocycles. The number of rotatable bonds is 0. The summed E-state index contributed by atoms with van der Waals surface area (Å²) in [4.78, 5) is 0. The van der Waals surface area contributed by atoms with Crippen LogP contribution in [-0.2, 0) is 57.6 Å². The van der Waals surface area contributed by atoms with Gasteiger partial charge in [-0.3, -0.25) is 0 Å². The zero-order chi connectivity index (χ0) is 44.9. The molecule has 0 N–H and O–H groups in total. The Bertz CT molecular complexity index is 895. The summed E-state index contributed by atoms with van der Waals surface area (Å²) in [5.74, 6) is 0. The van der Waals surface area contributed by atoms with Crippen LogP contribution in [0.1, 0.15) is 0 Å². The minimum Gasteiger partial charge on any atom is -0.416 e. The van der Waals surface area contributed by atoms with Gasteiger partial charge in [-0.2, -0.15) is 0 Å². The molecule has 1 saturated heterocycles. The SMILES string of the molecule is C[Si]1(C)O[Si](C)(C)O[Si](C)(C)O[Si](C)(C)O[Si](C)(C)O[Si](C)(C)O[Si](C)(C)O[Si](C)(C)O[Si](C)(C)O[Si](C)(C)O[Si](C)(C)O[Si](C)(C)O[Si](C)(C)O[Si](C)(C)O1. The van der Waals surface area contributed by atoms with Crippen LogP contribution >= 0.6 is 0 Å². The molecule has 0 aliphatic carbocycles. The predicted octanol–water partition coefficient (Wildman–Crippen LogP) is 10.1. The summed E-state index contributed by atoms with van der Waals surface area (Å²) >= 11 is 0. The Labute approximate surface area is 358 Å². The zero-order valence-electron chi connectivity index (χ0n) is 40.7. The van der Waals surface area contributed by atoms with Crippen LogP contribution in [0.4, 0.5) is 0 Å². The van der Waals surface area contributed by atoms with Crippen molar-refractivity contribution in [1.29, 1.82) is 0 Å². The molecule has 0 unspecified atom stereocenters. The van der Waals surface area contributed by atoms with E-state index < -0.39 is 120 Å². The van der Waals surface area contributed by atoms with E-state index in [1.54, 1.807) is 0 Å². The minimum absolute atomic E-state index is 2.06. The molecule has 0 aromatic carbocycles. The summed E-state index contributed by atoms with van der Waals surface area (Å²) in [6.45, 7) is 57.6. The third-order valence-electron chi connectivity index (χ3n) is 6.88. The molecule has 28 heteroatoms. The van der Waals surface area contributed by atoms with Crippen LogP contribution in [-0.4, -0.2) is 120 Å². The van der Waals surface area contributed by atoms with E-state index in [1.807, 2.05) is 0 Å². The average molecular weight is 1040 g/mol. The van der Waals surface area contributed by atoms with Crippen molar-refractivity contribution < 1.29 is 57.6 Å². The van der Waals surface area contributed by atoms with Crippen LogP contribution in [0.3, 0.4) is 0 Å². The third-order valence-corrected chi connectivity index (χ3v) is 61.9. The summed E-state index contributed by atoms with van der Waals surface area (Å²) in [5, 5.41) is 0. The minimum atomic E-state index is -2.76. The first-order valence-corrected chi connectivity index (χ1v) is 59.1. The fourth-order valence-electron chi connectivity index (χ4n) is 8.58. The molecule has 1 aliphatic heterocycles. The van der Waals surface area contributed by atoms with Gasteiger partial charge in [-0.15, -0.1) is 0 Å². The molecule has 1 fully saturated rings. The Kier molecular flexibility index (Phi) is 18.3. The fourth-order valence-corrected chi connectivity index (χ4v) is 82.5. The van der Waals surface area contributed by atoms with Gasteiger partial charge in [0.1, 0.15) is 0 Å². The maximum absolute atomic E-state index is 6.84. The molecular weight excluding hydrogens is 953 g/mol. The van der Waals surface area contributed by atoms with Crippen LogP contribution in [0.25, 0.3) is 0 Å². The highest BCUT2D eigenvalue weighted by molar-refractivity contribution is 6.95. The van der Waals surface area contributed by atoms with Gasteiger partial charge < -0.3 is 57.6 Å². The lowest BCUT2D eigenvalue weighted by Gasteiger charge is -2.46. The lowest BCUT2D eigenvalue weighted by atomic mass is 11.9. The highest BCUT2D eigenvalue weighted by Crippen LogP contribution is 2.33. The lowest BCUT2D eigenvalue weighted by molar-refractivity contribution is 0.245. The van der Waals surface area contributed by atoms with E-state index in [2.05, 4.69) is 183 Å². The van der Waals surface area contributed by atoms with Gasteiger partial charge in [-0.05, 0) is 183 Å². The van der Waals surface area contributed by atoms with Crippen LogP contribution in [0.15, 0.2) is 0 Å². The molecule has 56 heavy (non-hydrogen) atoms. The standard InChI is InChI=1S/C28H84O14Si14/c1-43(2)29-44(3,4)31-46(7,8)33-48(11,12)35-50(15,16)37-52(19,20)39-54(23,24)41-56(27,28)42-55(25,26)40-53(21,22)38-51(17,18)36-49(13,14)34-47(9,10)32-45(5,6)30-43/h1-28H3. The molecule has 336 valence electrons. The second-order valence-electron chi connectivity index (χ2n) is 21.0. The van der Waals surface area contributed by atoms with E-state index >= 15 is 0 Å². The van der Waals surface area contributed by atoms with E-state index in [1.165, 1.54) is 0 Å². The van der Waals surface area contributed by atoms with Crippen LogP contribution in [0.2, 0.25) is 183 Å². The molecule has 0 atom stereocenters. The Morgan fingerprint density at radius 2 is 0.143 bits per heavy atom. The van der Waals surface area contributed by atoms with Crippen molar-refractivity contribution in [2.45, 2.75) is 183 Å². The number of hydrogen-bond acceptors (Lipinski definition) is 14. The molecule has 0 aromatic rings. The van der Waals surface area contributed by atoms with Crippen LogP contribution in [0.5, 0.6) is 0 Å². The van der Waals surface area contributed by atoms with Gasteiger partial charge in [0.15, 0.2) is 0 Å². The van der Waals surface area contributed by atoms with Crippen molar-refractivity contribution in [3.8, 4) is 0 Å². The molecule has 0 spiro atoms. The molecule has 0 radical (unpaired) electrons. The van der Waals surface area contributed by atoms with Crippen molar-refractivity contribution in [3.63, 3.8) is 0 Å². The van der Waals surface area contributed by atoms with Crippen molar-refractivity contribution in [2.75, 3.05) is 0 Å². The average Bonchev–Trinajstić information content (AvgIpc) is 2.63. The largest absolute Gasteiger partial charge is 0.416 e. The first kappa shape index (κ1) is 56.5. The number of hydrogen-bond donors (Lipinski definition) is 0. The fraction of sp³-hybridized carbons (Fsp3) is 1.00. The van der Waals surface area contributed by atoms with Crippen molar-refractivity contribution in [1.82, 2.24) is 0 Å². The van der Waals surface area contributed by atoms with Gasteiger partial charge in [-0.1, -0.05) is 0 Å². The summed E-state index contributed by atoms with van der Waals surface area (Å²) in [6, 6.07) is 0. The summed E-state index contributed by atoms with van der Waals surface area (Å²) in [5.41, 5.74) is 0. The monoisotopic (exact) mass is 1040 g/mol. The van der Waals surface area contributed by atoms with Gasteiger partial charge >= 0.3 is 120 Å². The Hall–Kier alpha value is 2.48. The topological polar surface area (TPSA) is 129 Å². The smallest absolute Gasteiger partial charge is 0.314 e. The van der Waals surface area contributed by atoms with Gasteiger partial charge in [0.25, 0.3) is 0 Å². The van der Waals surface area contributed by atoms with Crippen molar-refractivity contribution in [2.24, 2.45) is 0 Å². The molecule has 0 bridgehead atoms. The van der Waals surface area contributed by atoms with Crippen molar-refractivity contribution in [3.05, 3.63) is 0 Å². The summed E-state index contributed by atoms with van der Waals surface area (Å²) < 4.78 is 95.7. The Morgan fingerprint density at radius 3 is 0.179 bits per heavy atom. The first-order chi connectivity index (χ1) is 23.9. The summed E-state index contributed by atoms with van der Waals surface area (Å²) in [6.07, 6.45) is 0. The van der Waals surface area contributed by atoms with E-state index in [9.17, 15) is 0 Å². The zero-order valence-corrected chi connectivity index (χ0v) is 54.7. The van der Waals surface area contributed by atoms with Gasteiger partial charge in [0, 0.05) is 0 Å². The van der Waals surface area contributed by atoms with Gasteiger partial charge in [0.2, 0.25) is 0 Å². The predicted molar refractivity (Wildman–Crippen MR) is 260 cm³/mol. The maximum Gasteiger partial charge on any atom is 0.314 e. The third kappa shape index (κ3) is 23.2. The molecule has 0 amide bonds. The van der Waals surface area contributed by atoms with Gasteiger partial charge in [0.05, 0.1) is 0 Å². The quantitative estimate of drug-likeness (QED) is 0.214. The molecule has 0 aromatic heterocycles. The van der Waals surface area contributed by atoms with E-state index in [0.29, 0.717) is 0 Å². The van der Waals surface area contributed by atoms with Gasteiger partial charge in [-0.25, -0.2) is 0 Å². The highest BCUT2D eigenvalue weighted by atomic mass is 28.5. The van der Waals surface area contributed by atoms with Crippen LogP contribution in [0, 0.1) is 0 Å². The lowest BCUT2D eigenvalue weighted by Crippen LogP contribution is -2.64. The first-order valence-electron chi connectivity index (χ1n) is 19.7. The Morgan fingerprint density at radius 1 is 0.107 bits per heavy atom. The van der Waals surface area contributed by atoms with Crippen LogP contribution < -0.4 is 0 Å². The molecule has 1 rings (SSSR count). The van der Waals surface area contributed by atoms with E-state index in [-0.39, 0.29) is 0 Å². The van der Waals surface area contributed by atoms with E-state index in [4.69, 9.17) is 57.6 Å². The van der Waals surface area contributed by atoms with Crippen molar-refractivity contribution >= 4 is 120 Å². The second-order valence-corrected chi connectivity index (χ2v) is 71.7. The maximum atomic E-state index is 6.84. The molecule has 1 heterocycles. The summed E-state index contributed by atoms with van der Waals surface area (Å²) in [7, 11) is -38.6.